The number of esters is 1. The number of hydrogen-bond donors (Lipinski definition) is 1. The van der Waals surface area contributed by atoms with Crippen LogP contribution < -0.4 is 20.7 Å². The van der Waals surface area contributed by atoms with Gasteiger partial charge < -0.3 is 24.4 Å². The Morgan fingerprint density at radius 3 is 2.52 bits per heavy atom. The minimum absolute atomic E-state index is 0.162. The first-order chi connectivity index (χ1) is 24.1. The van der Waals surface area contributed by atoms with Crippen molar-refractivity contribution >= 4 is 46.1 Å². The third-order valence-electron chi connectivity index (χ3n) is 10.1. The van der Waals surface area contributed by atoms with E-state index in [9.17, 15) is 14.4 Å². The highest BCUT2D eigenvalue weighted by molar-refractivity contribution is 7.14. The van der Waals surface area contributed by atoms with Crippen molar-refractivity contribution in [2.75, 3.05) is 47.8 Å². The average molecular weight is 699 g/mol. The van der Waals surface area contributed by atoms with Crippen molar-refractivity contribution in [1.82, 2.24) is 14.5 Å². The Hall–Kier alpha value is -4.55. The van der Waals surface area contributed by atoms with Crippen LogP contribution in [0.1, 0.15) is 64.9 Å². The number of carbonyl (C=O) groups excluding carboxylic acids is 2. The average Bonchev–Trinajstić information content (AvgIpc) is 3.49. The van der Waals surface area contributed by atoms with Gasteiger partial charge in [0.1, 0.15) is 23.9 Å². The van der Waals surface area contributed by atoms with Crippen LogP contribution in [0, 0.1) is 5.82 Å². The smallest absolute Gasteiger partial charge is 0.302 e. The standard InChI is InChI=1S/C38H43FN6O4S/c1-23(2)43-13-15-44(16-14-43)27-9-10-35(40-20-27)41-32-17-25(21-42(4)37(32)47)30-18-26(39)19-33(31(30)22-49-24(3)46)45-12-11-29-28-7-5-6-8-34(28)50-36(29)38(45)48/h9-10,17-21,23H,5-8,11-16,22H2,1-4H3,(H,40,41). The van der Waals surface area contributed by atoms with E-state index in [-0.39, 0.29) is 23.8 Å². The number of ether oxygens (including phenoxy) is 1. The number of rotatable bonds is 8. The topological polar surface area (TPSA) is 100 Å². The summed E-state index contributed by atoms with van der Waals surface area (Å²) in [6.07, 6.45) is 8.34. The molecular formula is C38H43FN6O4S. The van der Waals surface area contributed by atoms with Gasteiger partial charge in [-0.2, -0.15) is 0 Å². The molecule has 3 aromatic heterocycles. The number of anilines is 4. The molecule has 0 unspecified atom stereocenters. The fourth-order valence-electron chi connectivity index (χ4n) is 7.42. The van der Waals surface area contributed by atoms with Crippen molar-refractivity contribution in [1.29, 1.82) is 0 Å². The molecule has 0 saturated carbocycles. The highest BCUT2D eigenvalue weighted by atomic mass is 32.1. The lowest BCUT2D eigenvalue weighted by Crippen LogP contribution is -2.48. The Labute approximate surface area is 295 Å². The van der Waals surface area contributed by atoms with Gasteiger partial charge in [0.15, 0.2) is 0 Å². The first kappa shape index (κ1) is 33.9. The lowest BCUT2D eigenvalue weighted by atomic mass is 9.91. The molecule has 1 N–H and O–H groups in total. The lowest BCUT2D eigenvalue weighted by molar-refractivity contribution is -0.142. The second-order valence-corrected chi connectivity index (χ2v) is 14.8. The molecule has 5 heterocycles. The van der Waals surface area contributed by atoms with E-state index in [4.69, 9.17) is 4.74 Å². The van der Waals surface area contributed by atoms with Crippen molar-refractivity contribution in [3.8, 4) is 11.1 Å². The molecule has 0 atom stereocenters. The molecule has 1 aliphatic carbocycles. The molecule has 0 spiro atoms. The SMILES string of the molecule is CC(=O)OCc1c(-c2cc(Nc3ccc(N4CCN(C(C)C)CC4)cn3)c(=O)n(C)c2)cc(F)cc1N1CCc2c(sc3c2CCCC3)C1=O. The Kier molecular flexibility index (Phi) is 9.49. The predicted octanol–water partition coefficient (Wildman–Crippen LogP) is 6.07. The molecule has 12 heteroatoms. The molecule has 1 saturated heterocycles. The number of carbonyl (C=O) groups is 2. The van der Waals surface area contributed by atoms with Gasteiger partial charge in [-0.05, 0) is 93.0 Å². The summed E-state index contributed by atoms with van der Waals surface area (Å²) in [6.45, 7) is 9.78. The molecule has 1 fully saturated rings. The van der Waals surface area contributed by atoms with Crippen LogP contribution in [0.5, 0.6) is 0 Å². The molecule has 0 radical (unpaired) electrons. The maximum atomic E-state index is 15.6. The number of amides is 1. The van der Waals surface area contributed by atoms with Gasteiger partial charge in [0, 0.05) is 74.9 Å². The van der Waals surface area contributed by atoms with E-state index in [2.05, 4.69) is 33.9 Å². The van der Waals surface area contributed by atoms with Gasteiger partial charge in [-0.25, -0.2) is 9.37 Å². The van der Waals surface area contributed by atoms with Crippen LogP contribution in [0.25, 0.3) is 11.1 Å². The Morgan fingerprint density at radius 1 is 1.02 bits per heavy atom. The fourth-order valence-corrected chi connectivity index (χ4v) is 8.81. The van der Waals surface area contributed by atoms with Gasteiger partial charge >= 0.3 is 5.97 Å². The highest BCUT2D eigenvalue weighted by Gasteiger charge is 2.34. The van der Waals surface area contributed by atoms with Crippen LogP contribution in [-0.4, -0.2) is 65.1 Å². The van der Waals surface area contributed by atoms with Crippen LogP contribution in [0.3, 0.4) is 0 Å². The minimum Gasteiger partial charge on any atom is -0.461 e. The summed E-state index contributed by atoms with van der Waals surface area (Å²) in [5.74, 6) is -0.702. The second-order valence-electron chi connectivity index (χ2n) is 13.7. The van der Waals surface area contributed by atoms with Gasteiger partial charge in [-0.3, -0.25) is 19.3 Å². The largest absolute Gasteiger partial charge is 0.461 e. The third kappa shape index (κ3) is 6.66. The summed E-state index contributed by atoms with van der Waals surface area (Å²) in [5.41, 5.74) is 5.23. The van der Waals surface area contributed by atoms with Gasteiger partial charge in [0.25, 0.3) is 11.5 Å². The van der Waals surface area contributed by atoms with Crippen molar-refractivity contribution in [2.45, 2.75) is 65.5 Å². The third-order valence-corrected chi connectivity index (χ3v) is 11.4. The monoisotopic (exact) mass is 698 g/mol. The molecule has 1 aromatic carbocycles. The maximum absolute atomic E-state index is 15.6. The van der Waals surface area contributed by atoms with Crippen LogP contribution >= 0.6 is 11.3 Å². The van der Waals surface area contributed by atoms with E-state index in [0.717, 1.165) is 68.0 Å². The summed E-state index contributed by atoms with van der Waals surface area (Å²) in [5, 5.41) is 3.17. The number of nitrogens with zero attached hydrogens (tertiary/aromatic N) is 5. The van der Waals surface area contributed by atoms with Gasteiger partial charge in [-0.15, -0.1) is 11.3 Å². The van der Waals surface area contributed by atoms with Crippen molar-refractivity contribution in [3.05, 3.63) is 85.3 Å². The summed E-state index contributed by atoms with van der Waals surface area (Å²) < 4.78 is 22.5. The number of nitrogens with one attached hydrogen (secondary N) is 1. The number of fused-ring (bicyclic) bond motifs is 3. The molecule has 2 aliphatic heterocycles. The number of benzene rings is 1. The first-order valence-electron chi connectivity index (χ1n) is 17.4. The molecular weight excluding hydrogens is 656 g/mol. The summed E-state index contributed by atoms with van der Waals surface area (Å²) in [4.78, 5) is 52.4. The van der Waals surface area contributed by atoms with E-state index >= 15 is 4.39 Å². The zero-order valence-corrected chi connectivity index (χ0v) is 29.9. The van der Waals surface area contributed by atoms with Crippen LogP contribution in [0.15, 0.2) is 47.5 Å². The first-order valence-corrected chi connectivity index (χ1v) is 18.2. The van der Waals surface area contributed by atoms with Crippen molar-refractivity contribution < 1.29 is 18.7 Å². The van der Waals surface area contributed by atoms with Gasteiger partial charge in [0.2, 0.25) is 0 Å². The quantitative estimate of drug-likeness (QED) is 0.222. The molecule has 1 amide bonds. The summed E-state index contributed by atoms with van der Waals surface area (Å²) in [6, 6.07) is 8.72. The number of thiophene rings is 1. The normalized spacial score (nSPS) is 16.4. The maximum Gasteiger partial charge on any atom is 0.302 e. The molecule has 10 nitrogen and oxygen atoms in total. The molecule has 7 rings (SSSR count). The van der Waals surface area contributed by atoms with E-state index < -0.39 is 11.8 Å². The van der Waals surface area contributed by atoms with Crippen molar-refractivity contribution in [2.24, 2.45) is 7.05 Å². The number of hydrogen-bond acceptors (Lipinski definition) is 9. The second kappa shape index (κ2) is 14.0. The Morgan fingerprint density at radius 2 is 1.80 bits per heavy atom. The number of aromatic nitrogens is 2. The number of piperazine rings is 1. The molecule has 50 heavy (non-hydrogen) atoms. The van der Waals surface area contributed by atoms with Crippen molar-refractivity contribution in [3.63, 3.8) is 0 Å². The number of pyridine rings is 2. The fraction of sp³-hybridized carbons (Fsp3) is 0.421. The zero-order chi connectivity index (χ0) is 35.1. The summed E-state index contributed by atoms with van der Waals surface area (Å²) >= 11 is 1.56. The van der Waals surface area contributed by atoms with E-state index in [1.54, 1.807) is 35.5 Å². The molecule has 4 aromatic rings. The predicted molar refractivity (Wildman–Crippen MR) is 195 cm³/mol. The number of aryl methyl sites for hydroxylation is 2. The number of halogens is 1. The van der Waals surface area contributed by atoms with E-state index in [0.29, 0.717) is 47.2 Å². The van der Waals surface area contributed by atoms with Gasteiger partial charge in [-0.1, -0.05) is 0 Å². The molecule has 262 valence electrons. The van der Waals surface area contributed by atoms with Crippen LogP contribution in [-0.2, 0) is 42.4 Å². The van der Waals surface area contributed by atoms with E-state index in [1.165, 1.54) is 34.1 Å². The van der Waals surface area contributed by atoms with E-state index in [1.807, 2.05) is 18.3 Å². The minimum atomic E-state index is -0.541. The van der Waals surface area contributed by atoms with Crippen LogP contribution in [0.2, 0.25) is 0 Å². The molecule has 0 bridgehead atoms. The Balaban J connectivity index is 1.21. The van der Waals surface area contributed by atoms with Gasteiger partial charge in [0.05, 0.1) is 22.4 Å². The molecule has 3 aliphatic rings. The lowest BCUT2D eigenvalue weighted by Gasteiger charge is -2.38. The zero-order valence-electron chi connectivity index (χ0n) is 29.1. The van der Waals surface area contributed by atoms with Crippen LogP contribution in [0.4, 0.5) is 27.3 Å². The highest BCUT2D eigenvalue weighted by Crippen LogP contribution is 2.41. The summed E-state index contributed by atoms with van der Waals surface area (Å²) in [7, 11) is 1.63. The Bertz CT molecular complexity index is 2000.